The molecule has 1 saturated heterocycles. The Morgan fingerprint density at radius 2 is 2.07 bits per heavy atom. The average molecular weight is 389 g/mol. The van der Waals surface area contributed by atoms with E-state index in [0.717, 1.165) is 37.6 Å². The van der Waals surface area contributed by atoms with Gasteiger partial charge in [-0.1, -0.05) is 13.8 Å². The average Bonchev–Trinajstić information content (AvgIpc) is 3.23. The molecule has 1 aliphatic heterocycles. The quantitative estimate of drug-likeness (QED) is 0.696. The number of aryl methyl sites for hydroxylation is 3. The molecule has 2 aromatic heterocycles. The highest BCUT2D eigenvalue weighted by atomic mass is 16.5. The number of piperidine rings is 1. The molecule has 2 aromatic rings. The van der Waals surface area contributed by atoms with E-state index in [4.69, 9.17) is 4.74 Å². The first-order chi connectivity index (χ1) is 13.5. The highest BCUT2D eigenvalue weighted by molar-refractivity contribution is 5.31. The molecule has 0 aromatic carbocycles. The van der Waals surface area contributed by atoms with Crippen LogP contribution in [0.15, 0.2) is 12.4 Å². The third-order valence-electron chi connectivity index (χ3n) is 6.01. The van der Waals surface area contributed by atoms with Crippen molar-refractivity contribution >= 4 is 0 Å². The van der Waals surface area contributed by atoms with Crippen LogP contribution < -0.4 is 4.74 Å². The molecule has 156 valence electrons. The predicted molar refractivity (Wildman–Crippen MR) is 111 cm³/mol. The fourth-order valence-electron chi connectivity index (χ4n) is 4.81. The first-order valence-corrected chi connectivity index (χ1v) is 10.5. The van der Waals surface area contributed by atoms with Crippen molar-refractivity contribution in [3.05, 3.63) is 29.2 Å². The van der Waals surface area contributed by atoms with Crippen LogP contribution in [0.5, 0.6) is 5.88 Å². The van der Waals surface area contributed by atoms with Crippen molar-refractivity contribution in [2.75, 3.05) is 33.8 Å². The Morgan fingerprint density at radius 3 is 2.68 bits per heavy atom. The standard InChI is InChI=1S/C21H36N6O/c1-7-19-18(21(28-6)26(5)23-19)15-24(3)13-16-10-9-11-27(8-2)20(16)17-12-22-25(4)14-17/h12,14,16,20H,7-11,13,15H2,1-6H3/t16-,20+/m0/s1. The van der Waals surface area contributed by atoms with Crippen molar-refractivity contribution in [1.29, 1.82) is 0 Å². The lowest BCUT2D eigenvalue weighted by molar-refractivity contribution is 0.0747. The second-order valence-electron chi connectivity index (χ2n) is 8.03. The van der Waals surface area contributed by atoms with Gasteiger partial charge in [0, 0.05) is 45.0 Å². The fraction of sp³-hybridized carbons (Fsp3) is 0.714. The summed E-state index contributed by atoms with van der Waals surface area (Å²) >= 11 is 0. The molecule has 0 radical (unpaired) electrons. The van der Waals surface area contributed by atoms with Crippen LogP contribution in [0.4, 0.5) is 0 Å². The topological polar surface area (TPSA) is 51.4 Å². The van der Waals surface area contributed by atoms with Crippen LogP contribution in [-0.4, -0.2) is 63.2 Å². The van der Waals surface area contributed by atoms with E-state index < -0.39 is 0 Å². The summed E-state index contributed by atoms with van der Waals surface area (Å²) < 4.78 is 9.42. The van der Waals surface area contributed by atoms with Gasteiger partial charge in [-0.25, -0.2) is 4.68 Å². The summed E-state index contributed by atoms with van der Waals surface area (Å²) in [4.78, 5) is 5.05. The van der Waals surface area contributed by atoms with Crippen LogP contribution >= 0.6 is 0 Å². The van der Waals surface area contributed by atoms with Gasteiger partial charge in [-0.05, 0) is 45.3 Å². The Hall–Kier alpha value is -1.86. The van der Waals surface area contributed by atoms with Crippen LogP contribution in [0.2, 0.25) is 0 Å². The molecule has 7 nitrogen and oxygen atoms in total. The zero-order chi connectivity index (χ0) is 20.3. The summed E-state index contributed by atoms with van der Waals surface area (Å²) in [5.74, 6) is 1.47. The van der Waals surface area contributed by atoms with Crippen LogP contribution in [0.25, 0.3) is 0 Å². The molecular formula is C21H36N6O. The molecule has 0 N–H and O–H groups in total. The number of hydrogen-bond donors (Lipinski definition) is 0. The largest absolute Gasteiger partial charge is 0.481 e. The van der Waals surface area contributed by atoms with Crippen molar-refractivity contribution in [2.45, 2.75) is 45.7 Å². The van der Waals surface area contributed by atoms with Crippen LogP contribution in [-0.2, 0) is 27.1 Å². The lowest BCUT2D eigenvalue weighted by Gasteiger charge is -2.42. The van der Waals surface area contributed by atoms with Gasteiger partial charge in [-0.3, -0.25) is 9.58 Å². The number of hydrogen-bond acceptors (Lipinski definition) is 5. The van der Waals surface area contributed by atoms with E-state index in [1.807, 2.05) is 29.7 Å². The molecule has 0 saturated carbocycles. The van der Waals surface area contributed by atoms with E-state index in [1.165, 1.54) is 30.5 Å². The minimum atomic E-state index is 0.441. The summed E-state index contributed by atoms with van der Waals surface area (Å²) in [7, 11) is 7.92. The van der Waals surface area contributed by atoms with Crippen LogP contribution in [0, 0.1) is 5.92 Å². The van der Waals surface area contributed by atoms with E-state index in [2.05, 4.69) is 47.1 Å². The second-order valence-corrected chi connectivity index (χ2v) is 8.03. The molecule has 3 heterocycles. The van der Waals surface area contributed by atoms with Gasteiger partial charge in [-0.2, -0.15) is 10.2 Å². The molecule has 0 unspecified atom stereocenters. The maximum atomic E-state index is 5.63. The Balaban J connectivity index is 1.77. The van der Waals surface area contributed by atoms with Gasteiger partial charge in [-0.15, -0.1) is 0 Å². The second kappa shape index (κ2) is 9.09. The van der Waals surface area contributed by atoms with Gasteiger partial charge in [0.15, 0.2) is 0 Å². The van der Waals surface area contributed by atoms with Crippen LogP contribution in [0.1, 0.15) is 49.6 Å². The number of aromatic nitrogens is 4. The molecule has 0 amide bonds. The van der Waals surface area contributed by atoms with E-state index in [-0.39, 0.29) is 0 Å². The summed E-state index contributed by atoms with van der Waals surface area (Å²) in [5.41, 5.74) is 3.69. The lowest BCUT2D eigenvalue weighted by atomic mass is 9.85. The van der Waals surface area contributed by atoms with E-state index in [1.54, 1.807) is 7.11 Å². The Labute approximate surface area is 169 Å². The number of methoxy groups -OCH3 is 1. The molecule has 0 aliphatic carbocycles. The van der Waals surface area contributed by atoms with Crippen molar-refractivity contribution in [3.63, 3.8) is 0 Å². The summed E-state index contributed by atoms with van der Waals surface area (Å²) in [6.07, 6.45) is 7.67. The molecule has 1 fully saturated rings. The van der Waals surface area contributed by atoms with Gasteiger partial charge < -0.3 is 9.64 Å². The molecular weight excluding hydrogens is 352 g/mol. The molecule has 3 rings (SSSR count). The van der Waals surface area contributed by atoms with E-state index >= 15 is 0 Å². The zero-order valence-electron chi connectivity index (χ0n) is 18.4. The third-order valence-corrected chi connectivity index (χ3v) is 6.01. The van der Waals surface area contributed by atoms with Crippen molar-refractivity contribution in [3.8, 4) is 5.88 Å². The van der Waals surface area contributed by atoms with Gasteiger partial charge in [0.25, 0.3) is 0 Å². The number of ether oxygens (including phenoxy) is 1. The monoisotopic (exact) mass is 388 g/mol. The summed E-state index contributed by atoms with van der Waals surface area (Å²) in [6.45, 7) is 8.59. The van der Waals surface area contributed by atoms with E-state index in [0.29, 0.717) is 12.0 Å². The molecule has 28 heavy (non-hydrogen) atoms. The summed E-state index contributed by atoms with van der Waals surface area (Å²) in [6, 6.07) is 0.441. The van der Waals surface area contributed by atoms with Crippen molar-refractivity contribution in [1.82, 2.24) is 29.4 Å². The lowest BCUT2D eigenvalue weighted by Crippen LogP contribution is -2.42. The molecule has 1 aliphatic rings. The maximum absolute atomic E-state index is 5.63. The molecule has 0 spiro atoms. The minimum Gasteiger partial charge on any atom is -0.481 e. The molecule has 2 atom stereocenters. The highest BCUT2D eigenvalue weighted by Gasteiger charge is 2.33. The van der Waals surface area contributed by atoms with Crippen LogP contribution in [0.3, 0.4) is 0 Å². The van der Waals surface area contributed by atoms with Gasteiger partial charge in [0.2, 0.25) is 5.88 Å². The third kappa shape index (κ3) is 4.25. The molecule has 0 bridgehead atoms. The first kappa shape index (κ1) is 20.9. The maximum Gasteiger partial charge on any atom is 0.216 e. The fourth-order valence-corrected chi connectivity index (χ4v) is 4.81. The van der Waals surface area contributed by atoms with Gasteiger partial charge >= 0.3 is 0 Å². The minimum absolute atomic E-state index is 0.441. The van der Waals surface area contributed by atoms with Crippen molar-refractivity contribution in [2.24, 2.45) is 20.0 Å². The number of nitrogens with zero attached hydrogens (tertiary/aromatic N) is 6. The first-order valence-electron chi connectivity index (χ1n) is 10.5. The van der Waals surface area contributed by atoms with Gasteiger partial charge in [0.05, 0.1) is 24.6 Å². The summed E-state index contributed by atoms with van der Waals surface area (Å²) in [5, 5.41) is 9.07. The smallest absolute Gasteiger partial charge is 0.216 e. The van der Waals surface area contributed by atoms with Gasteiger partial charge in [0.1, 0.15) is 0 Å². The Bertz CT molecular complexity index is 767. The zero-order valence-corrected chi connectivity index (χ0v) is 18.4. The highest BCUT2D eigenvalue weighted by Crippen LogP contribution is 2.36. The number of rotatable bonds is 8. The predicted octanol–water partition coefficient (Wildman–Crippen LogP) is 2.63. The Morgan fingerprint density at radius 1 is 1.29 bits per heavy atom. The van der Waals surface area contributed by atoms with E-state index in [9.17, 15) is 0 Å². The molecule has 7 heteroatoms. The SMILES string of the molecule is CCc1nn(C)c(OC)c1CN(C)C[C@@H]1CCCN(CC)[C@H]1c1cnn(C)c1. The number of likely N-dealkylation sites (tertiary alicyclic amines) is 1. The van der Waals surface area contributed by atoms with Crippen molar-refractivity contribution < 1.29 is 4.74 Å². The normalized spacial score (nSPS) is 20.8. The Kier molecular flexibility index (Phi) is 6.78.